The number of nitrogens with zero attached hydrogens (tertiary/aromatic N) is 1. The summed E-state index contributed by atoms with van der Waals surface area (Å²) < 4.78 is 15.6. The van der Waals surface area contributed by atoms with Crippen molar-refractivity contribution in [2.75, 3.05) is 25.2 Å². The summed E-state index contributed by atoms with van der Waals surface area (Å²) in [5, 5.41) is 0. The van der Waals surface area contributed by atoms with Crippen molar-refractivity contribution in [1.82, 2.24) is 0 Å². The Kier molecular flexibility index (Phi) is 5.66. The second-order valence-electron chi connectivity index (χ2n) is 5.71. The Labute approximate surface area is 146 Å². The molecule has 0 unspecified atom stereocenters. The minimum atomic E-state index is -1.86. The molecule has 1 aromatic carbocycles. The van der Waals surface area contributed by atoms with E-state index >= 15 is 0 Å². The van der Waals surface area contributed by atoms with Gasteiger partial charge in [0.25, 0.3) is 0 Å². The van der Waals surface area contributed by atoms with Gasteiger partial charge in [0.15, 0.2) is 0 Å². The molecule has 0 N–H and O–H groups in total. The predicted octanol–water partition coefficient (Wildman–Crippen LogP) is 1.93. The van der Waals surface area contributed by atoms with E-state index in [1.54, 1.807) is 45.0 Å². The van der Waals surface area contributed by atoms with Gasteiger partial charge < -0.3 is 14.2 Å². The molecule has 7 heteroatoms. The smallest absolute Gasteiger partial charge is 0.344 e. The number of amides is 1. The molecule has 7 nitrogen and oxygen atoms in total. The molecular formula is C18H23NO6. The van der Waals surface area contributed by atoms with E-state index in [1.165, 1.54) is 12.0 Å². The van der Waals surface area contributed by atoms with Crippen molar-refractivity contribution in [1.29, 1.82) is 0 Å². The Bertz CT molecular complexity index is 653. The van der Waals surface area contributed by atoms with Gasteiger partial charge in [-0.25, -0.2) is 9.59 Å². The Morgan fingerprint density at radius 2 is 1.72 bits per heavy atom. The molecule has 25 heavy (non-hydrogen) atoms. The fourth-order valence-electron chi connectivity index (χ4n) is 3.21. The highest BCUT2D eigenvalue weighted by Crippen LogP contribution is 2.44. The molecule has 0 aromatic heterocycles. The van der Waals surface area contributed by atoms with Crippen LogP contribution in [0.1, 0.15) is 27.2 Å². The van der Waals surface area contributed by atoms with Crippen LogP contribution in [-0.2, 0) is 23.9 Å². The van der Waals surface area contributed by atoms with Crippen molar-refractivity contribution < 1.29 is 28.6 Å². The molecule has 1 saturated heterocycles. The first-order valence-corrected chi connectivity index (χ1v) is 8.25. The maximum absolute atomic E-state index is 12.9. The highest BCUT2D eigenvalue weighted by atomic mass is 16.6. The predicted molar refractivity (Wildman–Crippen MR) is 90.3 cm³/mol. The number of hydrogen-bond acceptors (Lipinski definition) is 6. The summed E-state index contributed by atoms with van der Waals surface area (Å²) in [6.45, 7) is 5.12. The number of carbonyl (C=O) groups excluding carboxylic acids is 3. The number of methoxy groups -OCH3 is 1. The number of carbonyl (C=O) groups is 3. The Balaban J connectivity index is 2.69. The van der Waals surface area contributed by atoms with Gasteiger partial charge in [-0.2, -0.15) is 0 Å². The molecule has 136 valence electrons. The van der Waals surface area contributed by atoms with Gasteiger partial charge in [0.2, 0.25) is 11.4 Å². The standard InChI is InChI=1S/C18H23NO6/c1-5-24-16(21)18(17(22)25-6-2)12(3)11-15(20)19(18)13-9-7-8-10-14(13)23-4/h7-10,12H,5-6,11H2,1-4H3/t12-/m1/s1. The second-order valence-corrected chi connectivity index (χ2v) is 5.71. The molecular weight excluding hydrogens is 326 g/mol. The maximum Gasteiger partial charge on any atom is 0.344 e. The lowest BCUT2D eigenvalue weighted by Gasteiger charge is -2.36. The van der Waals surface area contributed by atoms with Crippen LogP contribution in [0.5, 0.6) is 5.75 Å². The van der Waals surface area contributed by atoms with Crippen molar-refractivity contribution in [3.8, 4) is 5.75 Å². The van der Waals surface area contributed by atoms with E-state index in [-0.39, 0.29) is 25.5 Å². The summed E-state index contributed by atoms with van der Waals surface area (Å²) >= 11 is 0. The Hall–Kier alpha value is -2.57. The summed E-state index contributed by atoms with van der Waals surface area (Å²) in [7, 11) is 1.46. The Morgan fingerprint density at radius 1 is 1.16 bits per heavy atom. The van der Waals surface area contributed by atoms with Gasteiger partial charge in [-0.05, 0) is 26.0 Å². The molecule has 0 bridgehead atoms. The third-order valence-electron chi connectivity index (χ3n) is 4.30. The van der Waals surface area contributed by atoms with Gasteiger partial charge in [-0.1, -0.05) is 19.1 Å². The third kappa shape index (κ3) is 2.94. The van der Waals surface area contributed by atoms with Gasteiger partial charge in [0.1, 0.15) is 5.75 Å². The lowest BCUT2D eigenvalue weighted by atomic mass is 9.85. The van der Waals surface area contributed by atoms with Crippen LogP contribution in [0.4, 0.5) is 5.69 Å². The van der Waals surface area contributed by atoms with Crippen molar-refractivity contribution in [2.24, 2.45) is 5.92 Å². The number of para-hydroxylation sites is 2. The van der Waals surface area contributed by atoms with E-state index < -0.39 is 23.4 Å². The van der Waals surface area contributed by atoms with Crippen LogP contribution in [0, 0.1) is 5.92 Å². The molecule has 1 aromatic rings. The van der Waals surface area contributed by atoms with Gasteiger partial charge in [-0.15, -0.1) is 0 Å². The van der Waals surface area contributed by atoms with Crippen LogP contribution >= 0.6 is 0 Å². The van der Waals surface area contributed by atoms with E-state index in [0.717, 1.165) is 0 Å². The van der Waals surface area contributed by atoms with Crippen molar-refractivity contribution in [3.05, 3.63) is 24.3 Å². The lowest BCUT2D eigenvalue weighted by Crippen LogP contribution is -2.62. The summed E-state index contributed by atoms with van der Waals surface area (Å²) in [5.74, 6) is -2.18. The van der Waals surface area contributed by atoms with Crippen LogP contribution in [0.15, 0.2) is 24.3 Å². The van der Waals surface area contributed by atoms with Gasteiger partial charge in [-0.3, -0.25) is 9.69 Å². The number of ether oxygens (including phenoxy) is 3. The largest absolute Gasteiger partial charge is 0.495 e. The molecule has 1 aliphatic rings. The first kappa shape index (κ1) is 18.8. The van der Waals surface area contributed by atoms with E-state index in [2.05, 4.69) is 0 Å². The molecule has 0 aliphatic carbocycles. The SMILES string of the molecule is CCOC(=O)C1(C(=O)OCC)[C@H](C)CC(=O)N1c1ccccc1OC. The highest BCUT2D eigenvalue weighted by Gasteiger charge is 2.65. The first-order valence-electron chi connectivity index (χ1n) is 8.25. The number of hydrogen-bond donors (Lipinski definition) is 0. The molecule has 0 radical (unpaired) electrons. The topological polar surface area (TPSA) is 82.1 Å². The van der Waals surface area contributed by atoms with Gasteiger partial charge in [0, 0.05) is 12.3 Å². The number of benzene rings is 1. The van der Waals surface area contributed by atoms with E-state index in [0.29, 0.717) is 11.4 Å². The molecule has 2 rings (SSSR count). The number of esters is 2. The van der Waals surface area contributed by atoms with E-state index in [9.17, 15) is 14.4 Å². The van der Waals surface area contributed by atoms with Gasteiger partial charge >= 0.3 is 11.9 Å². The quantitative estimate of drug-likeness (QED) is 0.576. The minimum absolute atomic E-state index is 0.0235. The minimum Gasteiger partial charge on any atom is -0.495 e. The summed E-state index contributed by atoms with van der Waals surface area (Å²) in [4.78, 5) is 39.6. The fraction of sp³-hybridized carbons (Fsp3) is 0.500. The third-order valence-corrected chi connectivity index (χ3v) is 4.30. The number of rotatable bonds is 6. The molecule has 1 heterocycles. The van der Waals surface area contributed by atoms with E-state index in [4.69, 9.17) is 14.2 Å². The fourth-order valence-corrected chi connectivity index (χ4v) is 3.21. The van der Waals surface area contributed by atoms with Crippen LogP contribution in [-0.4, -0.2) is 43.7 Å². The average molecular weight is 349 g/mol. The summed E-state index contributed by atoms with van der Waals surface area (Å²) in [6, 6.07) is 6.73. The molecule has 1 amide bonds. The van der Waals surface area contributed by atoms with Crippen LogP contribution in [0.3, 0.4) is 0 Å². The molecule has 0 saturated carbocycles. The number of anilines is 1. The van der Waals surface area contributed by atoms with Crippen molar-refractivity contribution in [3.63, 3.8) is 0 Å². The zero-order valence-electron chi connectivity index (χ0n) is 14.9. The Morgan fingerprint density at radius 3 is 2.24 bits per heavy atom. The summed E-state index contributed by atoms with van der Waals surface area (Å²) in [6.07, 6.45) is 0.0235. The lowest BCUT2D eigenvalue weighted by molar-refractivity contribution is -0.166. The maximum atomic E-state index is 12.9. The zero-order chi connectivity index (χ0) is 18.6. The first-order chi connectivity index (χ1) is 11.9. The highest BCUT2D eigenvalue weighted by molar-refractivity contribution is 6.19. The average Bonchev–Trinajstić information content (AvgIpc) is 2.86. The summed E-state index contributed by atoms with van der Waals surface area (Å²) in [5.41, 5.74) is -1.53. The monoisotopic (exact) mass is 349 g/mol. The molecule has 0 spiro atoms. The molecule has 1 fully saturated rings. The van der Waals surface area contributed by atoms with Gasteiger partial charge in [0.05, 0.1) is 26.0 Å². The zero-order valence-corrected chi connectivity index (χ0v) is 14.9. The molecule has 1 aliphatic heterocycles. The van der Waals surface area contributed by atoms with Crippen LogP contribution in [0.25, 0.3) is 0 Å². The van der Waals surface area contributed by atoms with E-state index in [1.807, 2.05) is 0 Å². The second kappa shape index (κ2) is 7.55. The van der Waals surface area contributed by atoms with Crippen molar-refractivity contribution in [2.45, 2.75) is 32.7 Å². The van der Waals surface area contributed by atoms with Crippen molar-refractivity contribution >= 4 is 23.5 Å². The normalized spacial score (nSPS) is 18.8. The van der Waals surface area contributed by atoms with Crippen LogP contribution in [0.2, 0.25) is 0 Å². The molecule has 1 atom stereocenters. The van der Waals surface area contributed by atoms with Crippen LogP contribution < -0.4 is 9.64 Å².